The van der Waals surface area contributed by atoms with Crippen LogP contribution < -0.4 is 4.72 Å². The third-order valence-electron chi connectivity index (χ3n) is 3.64. The summed E-state index contributed by atoms with van der Waals surface area (Å²) in [4.78, 5) is -0.0513. The van der Waals surface area contributed by atoms with Gasteiger partial charge in [-0.3, -0.25) is 0 Å². The van der Waals surface area contributed by atoms with E-state index in [1.807, 2.05) is 0 Å². The highest BCUT2D eigenvalue weighted by Crippen LogP contribution is 2.37. The Hall–Kier alpha value is -0.790. The molecule has 0 amide bonds. The Labute approximate surface area is 126 Å². The molecule has 118 valence electrons. The van der Waals surface area contributed by atoms with Crippen molar-refractivity contribution in [3.8, 4) is 0 Å². The first-order valence-electron chi connectivity index (χ1n) is 6.54. The first kappa shape index (κ1) is 16.6. The molecule has 1 fully saturated rings. The van der Waals surface area contributed by atoms with Crippen LogP contribution in [-0.2, 0) is 10.0 Å². The van der Waals surface area contributed by atoms with E-state index in [1.54, 1.807) is 12.1 Å². The van der Waals surface area contributed by atoms with E-state index < -0.39 is 28.2 Å². The van der Waals surface area contributed by atoms with Gasteiger partial charge in [-0.15, -0.1) is 0 Å². The Kier molecular flexibility index (Phi) is 4.85. The zero-order valence-corrected chi connectivity index (χ0v) is 12.6. The molecule has 0 unspecified atom stereocenters. The number of sulfonamides is 1. The minimum Gasteiger partial charge on any atom is -0.208 e. The summed E-state index contributed by atoms with van der Waals surface area (Å²) >= 11 is 5.84. The standard InChI is InChI=1S/C13H15ClF3NO2S/c14-11-3-1-2-4-12(11)21(19,20)18-10-7-5-9(6-8-10)13(15,16)17/h1-4,9-10,18H,5-8H2. The fourth-order valence-electron chi connectivity index (χ4n) is 2.48. The number of benzene rings is 1. The molecule has 0 atom stereocenters. The van der Waals surface area contributed by atoms with Crippen molar-refractivity contribution in [3.05, 3.63) is 29.3 Å². The van der Waals surface area contributed by atoms with E-state index in [0.717, 1.165) is 0 Å². The molecule has 1 aromatic carbocycles. The van der Waals surface area contributed by atoms with E-state index in [-0.39, 0.29) is 35.6 Å². The lowest BCUT2D eigenvalue weighted by Crippen LogP contribution is -2.40. The normalized spacial score (nSPS) is 24.0. The number of hydrogen-bond acceptors (Lipinski definition) is 2. The van der Waals surface area contributed by atoms with Gasteiger partial charge in [0, 0.05) is 6.04 Å². The average Bonchev–Trinajstić information content (AvgIpc) is 2.38. The molecule has 0 radical (unpaired) electrons. The lowest BCUT2D eigenvalue weighted by atomic mass is 9.86. The summed E-state index contributed by atoms with van der Waals surface area (Å²) in [6, 6.07) is 5.49. The van der Waals surface area contributed by atoms with Gasteiger partial charge in [0.1, 0.15) is 4.90 Å². The minimum atomic E-state index is -4.20. The molecule has 0 aliphatic heterocycles. The molecule has 1 aromatic rings. The number of nitrogens with one attached hydrogen (secondary N) is 1. The van der Waals surface area contributed by atoms with Gasteiger partial charge in [-0.25, -0.2) is 13.1 Å². The van der Waals surface area contributed by atoms with Crippen molar-refractivity contribution >= 4 is 21.6 Å². The Balaban J connectivity index is 2.02. The number of alkyl halides is 3. The third kappa shape index (κ3) is 4.11. The SMILES string of the molecule is O=S(=O)(NC1CCC(C(F)(F)F)CC1)c1ccccc1Cl. The Bertz CT molecular complexity index is 596. The monoisotopic (exact) mass is 341 g/mol. The van der Waals surface area contributed by atoms with Gasteiger partial charge in [0.05, 0.1) is 10.9 Å². The molecule has 1 N–H and O–H groups in total. The molecular weight excluding hydrogens is 327 g/mol. The molecule has 2 rings (SSSR count). The molecule has 0 bridgehead atoms. The molecule has 0 aromatic heterocycles. The molecule has 8 heteroatoms. The van der Waals surface area contributed by atoms with Gasteiger partial charge < -0.3 is 0 Å². The van der Waals surface area contributed by atoms with E-state index in [1.165, 1.54) is 12.1 Å². The molecule has 3 nitrogen and oxygen atoms in total. The maximum absolute atomic E-state index is 12.6. The highest BCUT2D eigenvalue weighted by Gasteiger charge is 2.41. The van der Waals surface area contributed by atoms with Gasteiger partial charge in [0.15, 0.2) is 0 Å². The van der Waals surface area contributed by atoms with Crippen molar-refractivity contribution < 1.29 is 21.6 Å². The van der Waals surface area contributed by atoms with Gasteiger partial charge in [-0.05, 0) is 37.8 Å². The Morgan fingerprint density at radius 1 is 1.10 bits per heavy atom. The van der Waals surface area contributed by atoms with E-state index in [9.17, 15) is 21.6 Å². The van der Waals surface area contributed by atoms with Crippen LogP contribution in [-0.4, -0.2) is 20.6 Å². The van der Waals surface area contributed by atoms with Crippen LogP contribution in [0.4, 0.5) is 13.2 Å². The van der Waals surface area contributed by atoms with Gasteiger partial charge >= 0.3 is 6.18 Å². The van der Waals surface area contributed by atoms with Crippen molar-refractivity contribution in [3.63, 3.8) is 0 Å². The van der Waals surface area contributed by atoms with Crippen LogP contribution in [0.15, 0.2) is 29.2 Å². The van der Waals surface area contributed by atoms with Crippen molar-refractivity contribution in [2.75, 3.05) is 0 Å². The topological polar surface area (TPSA) is 46.2 Å². The van der Waals surface area contributed by atoms with Crippen LogP contribution in [0.25, 0.3) is 0 Å². The Morgan fingerprint density at radius 3 is 2.19 bits per heavy atom. The minimum absolute atomic E-state index is 0.0513. The molecule has 1 aliphatic carbocycles. The summed E-state index contributed by atoms with van der Waals surface area (Å²) < 4.78 is 64.5. The second kappa shape index (κ2) is 6.14. The average molecular weight is 342 g/mol. The number of rotatable bonds is 3. The highest BCUT2D eigenvalue weighted by molar-refractivity contribution is 7.89. The maximum Gasteiger partial charge on any atom is 0.391 e. The van der Waals surface area contributed by atoms with E-state index >= 15 is 0 Å². The number of halogens is 4. The zero-order chi connectivity index (χ0) is 15.7. The van der Waals surface area contributed by atoms with Crippen LogP contribution in [0.2, 0.25) is 5.02 Å². The molecule has 1 aliphatic rings. The van der Waals surface area contributed by atoms with Crippen LogP contribution >= 0.6 is 11.6 Å². The first-order chi connectivity index (χ1) is 9.70. The first-order valence-corrected chi connectivity index (χ1v) is 8.40. The van der Waals surface area contributed by atoms with E-state index in [2.05, 4.69) is 4.72 Å². The molecule has 21 heavy (non-hydrogen) atoms. The van der Waals surface area contributed by atoms with E-state index in [0.29, 0.717) is 0 Å². The predicted molar refractivity (Wildman–Crippen MR) is 73.6 cm³/mol. The van der Waals surface area contributed by atoms with Crippen molar-refractivity contribution in [1.29, 1.82) is 0 Å². The second-order valence-corrected chi connectivity index (χ2v) is 7.23. The van der Waals surface area contributed by atoms with Gasteiger partial charge in [-0.2, -0.15) is 13.2 Å². The van der Waals surface area contributed by atoms with Crippen LogP contribution in [0.1, 0.15) is 25.7 Å². The lowest BCUT2D eigenvalue weighted by molar-refractivity contribution is -0.182. The predicted octanol–water partition coefficient (Wildman–Crippen LogP) is 3.74. The van der Waals surface area contributed by atoms with Crippen LogP contribution in [0.3, 0.4) is 0 Å². The number of hydrogen-bond donors (Lipinski definition) is 1. The fraction of sp³-hybridized carbons (Fsp3) is 0.538. The molecule has 1 saturated carbocycles. The molecular formula is C13H15ClF3NO2S. The third-order valence-corrected chi connectivity index (χ3v) is 5.66. The van der Waals surface area contributed by atoms with Crippen molar-refractivity contribution in [2.24, 2.45) is 5.92 Å². The molecule has 0 saturated heterocycles. The van der Waals surface area contributed by atoms with Crippen molar-refractivity contribution in [1.82, 2.24) is 4.72 Å². The highest BCUT2D eigenvalue weighted by atomic mass is 35.5. The van der Waals surface area contributed by atoms with Crippen molar-refractivity contribution in [2.45, 2.75) is 42.8 Å². The summed E-state index contributed by atoms with van der Waals surface area (Å²) in [6.45, 7) is 0. The van der Waals surface area contributed by atoms with E-state index in [4.69, 9.17) is 11.6 Å². The Morgan fingerprint density at radius 2 is 1.67 bits per heavy atom. The lowest BCUT2D eigenvalue weighted by Gasteiger charge is -2.30. The maximum atomic E-state index is 12.6. The molecule has 0 heterocycles. The van der Waals surface area contributed by atoms with Gasteiger partial charge in [0.25, 0.3) is 0 Å². The summed E-state index contributed by atoms with van der Waals surface area (Å²) in [5.74, 6) is -1.33. The van der Waals surface area contributed by atoms with Crippen LogP contribution in [0.5, 0.6) is 0 Å². The fourth-order valence-corrected chi connectivity index (χ4v) is 4.31. The summed E-state index contributed by atoms with van der Waals surface area (Å²) in [5, 5.41) is 0.0916. The summed E-state index contributed by atoms with van der Waals surface area (Å²) in [5.41, 5.74) is 0. The zero-order valence-electron chi connectivity index (χ0n) is 11.0. The van der Waals surface area contributed by atoms with Crippen LogP contribution in [0, 0.1) is 5.92 Å². The second-order valence-electron chi connectivity index (χ2n) is 5.14. The summed E-state index contributed by atoms with van der Waals surface area (Å²) in [6.07, 6.45) is -3.97. The largest absolute Gasteiger partial charge is 0.391 e. The smallest absolute Gasteiger partial charge is 0.208 e. The van der Waals surface area contributed by atoms with Gasteiger partial charge in [0.2, 0.25) is 10.0 Å². The van der Waals surface area contributed by atoms with Gasteiger partial charge in [-0.1, -0.05) is 23.7 Å². The molecule has 0 spiro atoms. The summed E-state index contributed by atoms with van der Waals surface area (Å²) in [7, 11) is -3.81. The quantitative estimate of drug-likeness (QED) is 0.910.